The summed E-state index contributed by atoms with van der Waals surface area (Å²) < 4.78 is 31.0. The van der Waals surface area contributed by atoms with Gasteiger partial charge >= 0.3 is 5.69 Å². The summed E-state index contributed by atoms with van der Waals surface area (Å²) in [5.41, 5.74) is 6.40. The molecule has 4 rings (SSSR count). The zero-order valence-corrected chi connectivity index (χ0v) is 17.7. The Morgan fingerprint density at radius 1 is 0.938 bits per heavy atom. The fourth-order valence-corrected chi connectivity index (χ4v) is 4.00. The monoisotopic (exact) mass is 438 g/mol. The van der Waals surface area contributed by atoms with Gasteiger partial charge in [-0.3, -0.25) is 13.9 Å². The van der Waals surface area contributed by atoms with E-state index in [1.54, 1.807) is 6.92 Å². The molecule has 0 bridgehead atoms. The largest absolute Gasteiger partial charge is 0.358 e. The number of anilines is 1. The van der Waals surface area contributed by atoms with E-state index in [9.17, 15) is 18.4 Å². The minimum Gasteiger partial charge on any atom is -0.358 e. The number of nitrogens with two attached hydrogens (primary N) is 1. The first-order valence-corrected chi connectivity index (χ1v) is 10.4. The predicted octanol–water partition coefficient (Wildman–Crippen LogP) is 2.72. The van der Waals surface area contributed by atoms with Crippen LogP contribution in [0.5, 0.6) is 0 Å². The van der Waals surface area contributed by atoms with Gasteiger partial charge in [0.2, 0.25) is 0 Å². The van der Waals surface area contributed by atoms with Crippen molar-refractivity contribution < 1.29 is 8.78 Å². The van der Waals surface area contributed by atoms with Crippen molar-refractivity contribution in [3.05, 3.63) is 110 Å². The molecule has 0 radical (unpaired) electrons. The summed E-state index contributed by atoms with van der Waals surface area (Å²) >= 11 is 0. The number of hydrogen-bond donors (Lipinski definition) is 1. The quantitative estimate of drug-likeness (QED) is 0.601. The normalized spacial score (nSPS) is 14.2. The Balaban J connectivity index is 1.85. The molecule has 2 heterocycles. The lowest BCUT2D eigenvalue weighted by molar-refractivity contribution is 0.492. The number of aromatic nitrogens is 2. The van der Waals surface area contributed by atoms with Crippen LogP contribution in [-0.4, -0.2) is 22.2 Å². The first kappa shape index (κ1) is 21.7. The SMILES string of the molecule is Cc1c(N2CC=CC2)c(=O)n(CC(N)c2ccccc2)c(=O)n1Cc1c(F)cccc1F. The number of halogens is 2. The highest BCUT2D eigenvalue weighted by molar-refractivity contribution is 5.51. The highest BCUT2D eigenvalue weighted by atomic mass is 19.1. The number of rotatable bonds is 6. The number of nitrogens with zero attached hydrogens (tertiary/aromatic N) is 3. The van der Waals surface area contributed by atoms with Crippen molar-refractivity contribution in [2.24, 2.45) is 5.73 Å². The van der Waals surface area contributed by atoms with E-state index in [0.29, 0.717) is 24.5 Å². The average molecular weight is 438 g/mol. The lowest BCUT2D eigenvalue weighted by Crippen LogP contribution is -2.46. The molecule has 1 unspecified atom stereocenters. The molecule has 6 nitrogen and oxygen atoms in total. The molecule has 2 N–H and O–H groups in total. The van der Waals surface area contributed by atoms with Crippen molar-refractivity contribution in [2.75, 3.05) is 18.0 Å². The van der Waals surface area contributed by atoms with Crippen LogP contribution >= 0.6 is 0 Å². The molecule has 0 fully saturated rings. The highest BCUT2D eigenvalue weighted by Crippen LogP contribution is 2.20. The van der Waals surface area contributed by atoms with Gasteiger partial charge in [0.1, 0.15) is 17.3 Å². The average Bonchev–Trinajstić information content (AvgIpc) is 3.31. The van der Waals surface area contributed by atoms with Crippen LogP contribution in [-0.2, 0) is 13.1 Å². The summed E-state index contributed by atoms with van der Waals surface area (Å²) in [6, 6.07) is 12.1. The Morgan fingerprint density at radius 3 is 2.19 bits per heavy atom. The van der Waals surface area contributed by atoms with Gasteiger partial charge in [-0.2, -0.15) is 0 Å². The fourth-order valence-electron chi connectivity index (χ4n) is 4.00. The molecular formula is C24H24F2N4O2. The molecule has 0 amide bonds. The Morgan fingerprint density at radius 2 is 1.56 bits per heavy atom. The van der Waals surface area contributed by atoms with Gasteiger partial charge < -0.3 is 10.6 Å². The van der Waals surface area contributed by atoms with Gasteiger partial charge in [0.15, 0.2) is 0 Å². The number of benzene rings is 2. The van der Waals surface area contributed by atoms with E-state index < -0.39 is 28.9 Å². The van der Waals surface area contributed by atoms with Crippen molar-refractivity contribution in [3.63, 3.8) is 0 Å². The second-order valence-electron chi connectivity index (χ2n) is 7.81. The van der Waals surface area contributed by atoms with Crippen molar-refractivity contribution >= 4 is 5.69 Å². The summed E-state index contributed by atoms with van der Waals surface area (Å²) in [6.07, 6.45) is 3.84. The topological polar surface area (TPSA) is 73.3 Å². The molecule has 0 aliphatic carbocycles. The molecule has 1 aromatic heterocycles. The molecule has 166 valence electrons. The Hall–Kier alpha value is -3.52. The summed E-state index contributed by atoms with van der Waals surface area (Å²) in [5.74, 6) is -1.50. The Bertz CT molecular complexity index is 1250. The smallest absolute Gasteiger partial charge is 0.331 e. The molecule has 2 aromatic carbocycles. The predicted molar refractivity (Wildman–Crippen MR) is 120 cm³/mol. The molecule has 0 saturated heterocycles. The van der Waals surface area contributed by atoms with E-state index in [1.165, 1.54) is 10.6 Å². The van der Waals surface area contributed by atoms with Crippen molar-refractivity contribution in [2.45, 2.75) is 26.1 Å². The van der Waals surface area contributed by atoms with Crippen LogP contribution in [0.2, 0.25) is 0 Å². The molecule has 0 spiro atoms. The highest BCUT2D eigenvalue weighted by Gasteiger charge is 2.24. The van der Waals surface area contributed by atoms with E-state index in [4.69, 9.17) is 5.73 Å². The van der Waals surface area contributed by atoms with E-state index in [2.05, 4.69) is 0 Å². The van der Waals surface area contributed by atoms with Crippen LogP contribution in [0.4, 0.5) is 14.5 Å². The van der Waals surface area contributed by atoms with E-state index in [0.717, 1.165) is 22.3 Å². The third-order valence-corrected chi connectivity index (χ3v) is 5.78. The minimum absolute atomic E-state index is 0.0595. The van der Waals surface area contributed by atoms with Gasteiger partial charge in [-0.1, -0.05) is 48.6 Å². The maximum absolute atomic E-state index is 14.3. The van der Waals surface area contributed by atoms with Gasteiger partial charge in [-0.15, -0.1) is 0 Å². The third kappa shape index (κ3) is 4.01. The van der Waals surface area contributed by atoms with Crippen LogP contribution in [0, 0.1) is 18.6 Å². The summed E-state index contributed by atoms with van der Waals surface area (Å²) in [6.45, 7) is 2.24. The Kier molecular flexibility index (Phi) is 6.05. The molecule has 1 atom stereocenters. The van der Waals surface area contributed by atoms with Crippen LogP contribution in [0.25, 0.3) is 0 Å². The standard InChI is InChI=1S/C24H24F2N4O2/c1-16-22(28-12-5-6-13-28)23(31)30(15-21(27)17-8-3-2-4-9-17)24(32)29(16)14-18-19(25)10-7-11-20(18)26/h2-11,21H,12-15,27H2,1H3. The number of hydrogen-bond acceptors (Lipinski definition) is 4. The molecule has 32 heavy (non-hydrogen) atoms. The molecular weight excluding hydrogens is 414 g/mol. The Labute approximate surface area is 183 Å². The second-order valence-corrected chi connectivity index (χ2v) is 7.81. The van der Waals surface area contributed by atoms with Crippen molar-refractivity contribution in [1.82, 2.24) is 9.13 Å². The van der Waals surface area contributed by atoms with Gasteiger partial charge in [-0.25, -0.2) is 13.6 Å². The van der Waals surface area contributed by atoms with Crippen LogP contribution in [0.15, 0.2) is 70.3 Å². The molecule has 1 aliphatic rings. The zero-order chi connectivity index (χ0) is 22.8. The van der Waals surface area contributed by atoms with Crippen LogP contribution in [0.1, 0.15) is 22.9 Å². The zero-order valence-electron chi connectivity index (χ0n) is 17.7. The summed E-state index contributed by atoms with van der Waals surface area (Å²) in [4.78, 5) is 28.6. The van der Waals surface area contributed by atoms with Gasteiger partial charge in [-0.05, 0) is 24.6 Å². The fraction of sp³-hybridized carbons (Fsp3) is 0.250. The van der Waals surface area contributed by atoms with E-state index in [1.807, 2.05) is 47.4 Å². The maximum Gasteiger partial charge on any atom is 0.331 e. The van der Waals surface area contributed by atoms with Gasteiger partial charge in [0, 0.05) is 30.4 Å². The maximum atomic E-state index is 14.3. The first-order chi connectivity index (χ1) is 15.4. The molecule has 0 saturated carbocycles. The molecule has 1 aliphatic heterocycles. The van der Waals surface area contributed by atoms with Crippen molar-refractivity contribution in [1.29, 1.82) is 0 Å². The van der Waals surface area contributed by atoms with Crippen molar-refractivity contribution in [3.8, 4) is 0 Å². The minimum atomic E-state index is -0.751. The van der Waals surface area contributed by atoms with E-state index >= 15 is 0 Å². The first-order valence-electron chi connectivity index (χ1n) is 10.4. The molecule has 8 heteroatoms. The second kappa shape index (κ2) is 8.92. The summed E-state index contributed by atoms with van der Waals surface area (Å²) in [5, 5.41) is 0. The van der Waals surface area contributed by atoms with Crippen LogP contribution in [0.3, 0.4) is 0 Å². The lowest BCUT2D eigenvalue weighted by Gasteiger charge is -2.24. The van der Waals surface area contributed by atoms with Gasteiger partial charge in [0.05, 0.1) is 13.1 Å². The summed E-state index contributed by atoms with van der Waals surface area (Å²) in [7, 11) is 0. The van der Waals surface area contributed by atoms with Crippen LogP contribution < -0.4 is 21.9 Å². The third-order valence-electron chi connectivity index (χ3n) is 5.78. The lowest BCUT2D eigenvalue weighted by atomic mass is 10.1. The van der Waals surface area contributed by atoms with Gasteiger partial charge in [0.25, 0.3) is 5.56 Å². The molecule has 3 aromatic rings. The van der Waals surface area contributed by atoms with E-state index in [-0.39, 0.29) is 18.7 Å².